The van der Waals surface area contributed by atoms with Crippen LogP contribution in [0.4, 0.5) is 4.79 Å². The molecule has 2 aliphatic carbocycles. The molecule has 18 heavy (non-hydrogen) atoms. The van der Waals surface area contributed by atoms with Crippen LogP contribution in [-0.2, 0) is 14.4 Å². The van der Waals surface area contributed by atoms with Crippen LogP contribution in [0.2, 0.25) is 0 Å². The highest BCUT2D eigenvalue weighted by atomic mass is 16.8. The molecule has 1 amide bonds. The first-order valence-electron chi connectivity index (χ1n) is 6.37. The molecular formula is C12H17NO5. The summed E-state index contributed by atoms with van der Waals surface area (Å²) in [6, 6.07) is 0. The van der Waals surface area contributed by atoms with Gasteiger partial charge in [-0.2, -0.15) is 0 Å². The summed E-state index contributed by atoms with van der Waals surface area (Å²) in [6.45, 7) is 2.19. The van der Waals surface area contributed by atoms with Crippen molar-refractivity contribution < 1.29 is 24.3 Å². The number of aliphatic hydroxyl groups is 1. The quantitative estimate of drug-likeness (QED) is 0.750. The third-order valence-electron chi connectivity index (χ3n) is 4.35. The molecule has 6 nitrogen and oxygen atoms in total. The SMILES string of the molecule is CC12CC(OC(=O)ON3C(=O)CCC3O)C[C@@H]1C2. The summed E-state index contributed by atoms with van der Waals surface area (Å²) in [6.07, 6.45) is 1.39. The lowest BCUT2D eigenvalue weighted by Gasteiger charge is -2.20. The molecule has 1 N–H and O–H groups in total. The third kappa shape index (κ3) is 1.94. The second-order valence-electron chi connectivity index (χ2n) is 5.81. The molecule has 100 valence electrons. The molecule has 0 bridgehead atoms. The van der Waals surface area contributed by atoms with Gasteiger partial charge in [-0.3, -0.25) is 4.79 Å². The van der Waals surface area contributed by atoms with Crippen molar-refractivity contribution in [2.24, 2.45) is 11.3 Å². The number of hydroxylamine groups is 2. The van der Waals surface area contributed by atoms with E-state index in [4.69, 9.17) is 9.57 Å². The standard InChI is InChI=1S/C12H17NO5/c1-12-5-7(12)4-8(6-12)17-11(16)18-13-9(14)2-3-10(13)15/h7-9,14H,2-6H2,1H3/t7-,8?,9?,12?/m1/s1. The van der Waals surface area contributed by atoms with Crippen LogP contribution < -0.4 is 0 Å². The first kappa shape index (κ1) is 11.8. The van der Waals surface area contributed by atoms with E-state index in [2.05, 4.69) is 6.92 Å². The van der Waals surface area contributed by atoms with Gasteiger partial charge in [0.05, 0.1) is 0 Å². The zero-order valence-corrected chi connectivity index (χ0v) is 10.3. The Bertz CT molecular complexity index is 398. The van der Waals surface area contributed by atoms with Crippen molar-refractivity contribution in [2.75, 3.05) is 0 Å². The first-order chi connectivity index (χ1) is 8.48. The van der Waals surface area contributed by atoms with E-state index in [1.807, 2.05) is 0 Å². The molecule has 3 aliphatic rings. The highest BCUT2D eigenvalue weighted by Gasteiger charge is 2.57. The summed E-state index contributed by atoms with van der Waals surface area (Å²) < 4.78 is 5.17. The molecule has 0 aromatic heterocycles. The van der Waals surface area contributed by atoms with E-state index in [1.54, 1.807) is 0 Å². The van der Waals surface area contributed by atoms with Crippen LogP contribution in [0.3, 0.4) is 0 Å². The van der Waals surface area contributed by atoms with Gasteiger partial charge in [-0.15, -0.1) is 5.06 Å². The van der Waals surface area contributed by atoms with Gasteiger partial charge in [0.15, 0.2) is 6.23 Å². The zero-order chi connectivity index (χ0) is 12.9. The monoisotopic (exact) mass is 255 g/mol. The second kappa shape index (κ2) is 3.85. The zero-order valence-electron chi connectivity index (χ0n) is 10.3. The molecule has 0 aromatic carbocycles. The molecule has 0 aromatic rings. The maximum absolute atomic E-state index is 11.5. The van der Waals surface area contributed by atoms with Gasteiger partial charge in [-0.1, -0.05) is 6.92 Å². The molecule has 3 fully saturated rings. The highest BCUT2D eigenvalue weighted by molar-refractivity contribution is 5.78. The number of carbonyl (C=O) groups excluding carboxylic acids is 2. The molecule has 6 heteroatoms. The number of fused-ring (bicyclic) bond motifs is 1. The lowest BCUT2D eigenvalue weighted by Crippen LogP contribution is -2.36. The van der Waals surface area contributed by atoms with Crippen molar-refractivity contribution in [3.05, 3.63) is 0 Å². The Hall–Kier alpha value is -1.30. The lowest BCUT2D eigenvalue weighted by atomic mass is 10.1. The fourth-order valence-corrected chi connectivity index (χ4v) is 3.13. The van der Waals surface area contributed by atoms with Crippen molar-refractivity contribution in [1.82, 2.24) is 5.06 Å². The average Bonchev–Trinajstić information content (AvgIpc) is 2.64. The van der Waals surface area contributed by atoms with Gasteiger partial charge >= 0.3 is 6.16 Å². The van der Waals surface area contributed by atoms with Crippen molar-refractivity contribution in [3.63, 3.8) is 0 Å². The van der Waals surface area contributed by atoms with Gasteiger partial charge in [-0.25, -0.2) is 4.79 Å². The molecular weight excluding hydrogens is 238 g/mol. The minimum Gasteiger partial charge on any atom is -0.429 e. The molecule has 3 rings (SSSR count). The molecule has 0 spiro atoms. The number of hydrogen-bond donors (Lipinski definition) is 1. The Morgan fingerprint density at radius 1 is 1.50 bits per heavy atom. The van der Waals surface area contributed by atoms with Crippen LogP contribution in [0.5, 0.6) is 0 Å². The normalized spacial score (nSPS) is 41.8. The maximum Gasteiger partial charge on any atom is 0.533 e. The molecule has 3 unspecified atom stereocenters. The Morgan fingerprint density at radius 3 is 2.83 bits per heavy atom. The number of amides is 1. The summed E-state index contributed by atoms with van der Waals surface area (Å²) >= 11 is 0. The van der Waals surface area contributed by atoms with Crippen LogP contribution >= 0.6 is 0 Å². The van der Waals surface area contributed by atoms with Gasteiger partial charge < -0.3 is 14.7 Å². The average molecular weight is 255 g/mol. The smallest absolute Gasteiger partial charge is 0.429 e. The largest absolute Gasteiger partial charge is 0.533 e. The molecule has 2 saturated carbocycles. The van der Waals surface area contributed by atoms with Gasteiger partial charge in [0.2, 0.25) is 0 Å². The van der Waals surface area contributed by atoms with Crippen LogP contribution in [-0.4, -0.2) is 34.6 Å². The summed E-state index contributed by atoms with van der Waals surface area (Å²) in [5.41, 5.74) is 0.341. The van der Waals surface area contributed by atoms with E-state index in [1.165, 1.54) is 6.42 Å². The van der Waals surface area contributed by atoms with Crippen LogP contribution in [0.1, 0.15) is 39.0 Å². The van der Waals surface area contributed by atoms with Crippen LogP contribution in [0.25, 0.3) is 0 Å². The van der Waals surface area contributed by atoms with E-state index in [0.717, 1.165) is 12.8 Å². The number of rotatable bonds is 2. The Morgan fingerprint density at radius 2 is 2.28 bits per heavy atom. The number of hydrogen-bond acceptors (Lipinski definition) is 5. The van der Waals surface area contributed by atoms with Crippen molar-refractivity contribution in [1.29, 1.82) is 0 Å². The first-order valence-corrected chi connectivity index (χ1v) is 6.37. The van der Waals surface area contributed by atoms with Crippen LogP contribution in [0.15, 0.2) is 0 Å². The van der Waals surface area contributed by atoms with Crippen LogP contribution in [0, 0.1) is 11.3 Å². The second-order valence-corrected chi connectivity index (χ2v) is 5.81. The fraction of sp³-hybridized carbons (Fsp3) is 0.833. The summed E-state index contributed by atoms with van der Waals surface area (Å²) in [5.74, 6) is 0.273. The van der Waals surface area contributed by atoms with Gasteiger partial charge in [0, 0.05) is 12.8 Å². The van der Waals surface area contributed by atoms with E-state index in [-0.39, 0.29) is 24.9 Å². The van der Waals surface area contributed by atoms with Gasteiger partial charge in [0.1, 0.15) is 6.10 Å². The van der Waals surface area contributed by atoms with E-state index >= 15 is 0 Å². The van der Waals surface area contributed by atoms with E-state index in [9.17, 15) is 14.7 Å². The Balaban J connectivity index is 1.49. The summed E-state index contributed by atoms with van der Waals surface area (Å²) in [4.78, 5) is 27.6. The number of nitrogens with zero attached hydrogens (tertiary/aromatic N) is 1. The minimum absolute atomic E-state index is 0.115. The Labute approximate surface area is 105 Å². The predicted octanol–water partition coefficient (Wildman–Crippen LogP) is 1.18. The third-order valence-corrected chi connectivity index (χ3v) is 4.35. The minimum atomic E-state index is -1.04. The van der Waals surface area contributed by atoms with Crippen molar-refractivity contribution in [3.8, 4) is 0 Å². The van der Waals surface area contributed by atoms with E-state index < -0.39 is 12.4 Å². The van der Waals surface area contributed by atoms with Crippen molar-refractivity contribution >= 4 is 12.1 Å². The molecule has 4 atom stereocenters. The van der Waals surface area contributed by atoms with Gasteiger partial charge in [0.25, 0.3) is 5.91 Å². The Kier molecular flexibility index (Phi) is 2.52. The number of carbonyl (C=O) groups is 2. The van der Waals surface area contributed by atoms with Gasteiger partial charge in [-0.05, 0) is 30.6 Å². The number of ether oxygens (including phenoxy) is 1. The maximum atomic E-state index is 11.5. The topological polar surface area (TPSA) is 76.1 Å². The summed E-state index contributed by atoms with van der Waals surface area (Å²) in [7, 11) is 0. The predicted molar refractivity (Wildman–Crippen MR) is 58.9 cm³/mol. The summed E-state index contributed by atoms with van der Waals surface area (Å²) in [5, 5.41) is 10.1. The number of aliphatic hydroxyl groups excluding tert-OH is 1. The lowest BCUT2D eigenvalue weighted by molar-refractivity contribution is -0.201. The highest BCUT2D eigenvalue weighted by Crippen LogP contribution is 2.63. The molecule has 0 radical (unpaired) electrons. The molecule has 1 heterocycles. The van der Waals surface area contributed by atoms with Crippen molar-refractivity contribution in [2.45, 2.75) is 51.4 Å². The molecule has 1 saturated heterocycles. The van der Waals surface area contributed by atoms with E-state index in [0.29, 0.717) is 16.4 Å². The molecule has 1 aliphatic heterocycles. The fourth-order valence-electron chi connectivity index (χ4n) is 3.13.